The normalized spacial score (nSPS) is 18.2. The van der Waals surface area contributed by atoms with E-state index in [-0.39, 0.29) is 17.0 Å². The SMILES string of the molecule is CCCCn1c(N2CCOCC2)c(C=C2SC(=S)N(CCC)C2=O)c(C)c(C#N)c1=O. The van der Waals surface area contributed by atoms with Gasteiger partial charge in [0.25, 0.3) is 11.5 Å². The summed E-state index contributed by atoms with van der Waals surface area (Å²) in [4.78, 5) is 30.4. The molecule has 166 valence electrons. The number of hydrogen-bond donors (Lipinski definition) is 0. The van der Waals surface area contributed by atoms with Gasteiger partial charge >= 0.3 is 0 Å². The smallest absolute Gasteiger partial charge is 0.270 e. The van der Waals surface area contributed by atoms with Crippen LogP contribution in [0.2, 0.25) is 0 Å². The zero-order valence-electron chi connectivity index (χ0n) is 18.3. The van der Waals surface area contributed by atoms with Gasteiger partial charge in [-0.2, -0.15) is 5.26 Å². The number of amides is 1. The Kier molecular flexibility index (Phi) is 7.92. The Labute approximate surface area is 192 Å². The highest BCUT2D eigenvalue weighted by atomic mass is 32.2. The summed E-state index contributed by atoms with van der Waals surface area (Å²) in [5.41, 5.74) is 1.20. The number of carbonyl (C=O) groups is 1. The highest BCUT2D eigenvalue weighted by Gasteiger charge is 2.33. The molecule has 2 aliphatic rings. The van der Waals surface area contributed by atoms with Crippen molar-refractivity contribution in [3.8, 4) is 6.07 Å². The molecule has 1 aromatic rings. The van der Waals surface area contributed by atoms with Crippen LogP contribution < -0.4 is 10.5 Å². The lowest BCUT2D eigenvalue weighted by atomic mass is 10.0. The molecule has 0 aliphatic carbocycles. The van der Waals surface area contributed by atoms with Gasteiger partial charge in [0.15, 0.2) is 0 Å². The molecule has 0 aromatic carbocycles. The Morgan fingerprint density at radius 2 is 1.90 bits per heavy atom. The number of thiocarbonyl (C=S) groups is 1. The van der Waals surface area contributed by atoms with E-state index in [0.717, 1.165) is 30.6 Å². The first-order chi connectivity index (χ1) is 14.9. The van der Waals surface area contributed by atoms with E-state index in [1.807, 2.05) is 13.0 Å². The maximum Gasteiger partial charge on any atom is 0.270 e. The Morgan fingerprint density at radius 1 is 1.19 bits per heavy atom. The van der Waals surface area contributed by atoms with Gasteiger partial charge in [0.2, 0.25) is 0 Å². The lowest BCUT2D eigenvalue weighted by Crippen LogP contribution is -2.41. The third-order valence-corrected chi connectivity index (χ3v) is 6.87. The average Bonchev–Trinajstić information content (AvgIpc) is 3.03. The van der Waals surface area contributed by atoms with Crippen molar-refractivity contribution in [2.75, 3.05) is 37.7 Å². The zero-order chi connectivity index (χ0) is 22.5. The van der Waals surface area contributed by atoms with E-state index >= 15 is 0 Å². The third kappa shape index (κ3) is 4.71. The number of hydrogen-bond acceptors (Lipinski definition) is 7. The van der Waals surface area contributed by atoms with Crippen LogP contribution in [-0.4, -0.2) is 52.5 Å². The first-order valence-corrected chi connectivity index (χ1v) is 11.9. The van der Waals surface area contributed by atoms with Crippen LogP contribution in [0, 0.1) is 18.3 Å². The number of unbranched alkanes of at least 4 members (excludes halogenated alkanes) is 1. The molecule has 1 amide bonds. The number of carbonyl (C=O) groups excluding carboxylic acids is 1. The van der Waals surface area contributed by atoms with Crippen LogP contribution in [0.5, 0.6) is 0 Å². The van der Waals surface area contributed by atoms with Crippen molar-refractivity contribution in [3.63, 3.8) is 0 Å². The number of rotatable bonds is 7. The van der Waals surface area contributed by atoms with Crippen LogP contribution in [0.15, 0.2) is 9.70 Å². The summed E-state index contributed by atoms with van der Waals surface area (Å²) in [6.07, 6.45) is 4.38. The highest BCUT2D eigenvalue weighted by molar-refractivity contribution is 8.26. The molecule has 0 unspecified atom stereocenters. The molecule has 0 N–H and O–H groups in total. The molecule has 9 heteroatoms. The minimum Gasteiger partial charge on any atom is -0.378 e. The molecular weight excluding hydrogens is 432 g/mol. The lowest BCUT2D eigenvalue weighted by molar-refractivity contribution is -0.122. The van der Waals surface area contributed by atoms with E-state index in [0.29, 0.717) is 54.2 Å². The Balaban J connectivity index is 2.22. The van der Waals surface area contributed by atoms with Crippen LogP contribution in [0.4, 0.5) is 5.82 Å². The fraction of sp³-hybridized carbons (Fsp3) is 0.545. The van der Waals surface area contributed by atoms with Crippen molar-refractivity contribution in [2.24, 2.45) is 0 Å². The minimum atomic E-state index is -0.273. The summed E-state index contributed by atoms with van der Waals surface area (Å²) in [5, 5.41) is 9.72. The topological polar surface area (TPSA) is 78.6 Å². The molecule has 31 heavy (non-hydrogen) atoms. The van der Waals surface area contributed by atoms with Crippen LogP contribution in [-0.2, 0) is 16.1 Å². The molecule has 0 radical (unpaired) electrons. The molecule has 0 saturated carbocycles. The zero-order valence-corrected chi connectivity index (χ0v) is 19.9. The van der Waals surface area contributed by atoms with E-state index in [9.17, 15) is 14.9 Å². The van der Waals surface area contributed by atoms with Crippen LogP contribution in [0.1, 0.15) is 49.8 Å². The molecular formula is C22H28N4O3S2. The van der Waals surface area contributed by atoms with Gasteiger partial charge in [-0.1, -0.05) is 44.2 Å². The van der Waals surface area contributed by atoms with Gasteiger partial charge in [-0.25, -0.2) is 0 Å². The number of aromatic nitrogens is 1. The van der Waals surface area contributed by atoms with Gasteiger partial charge < -0.3 is 9.64 Å². The van der Waals surface area contributed by atoms with Crippen molar-refractivity contribution >= 4 is 46.1 Å². The first kappa shape index (κ1) is 23.5. The Morgan fingerprint density at radius 3 is 2.52 bits per heavy atom. The van der Waals surface area contributed by atoms with Crippen molar-refractivity contribution in [1.82, 2.24) is 9.47 Å². The summed E-state index contributed by atoms with van der Waals surface area (Å²) < 4.78 is 7.77. The van der Waals surface area contributed by atoms with Crippen LogP contribution in [0.25, 0.3) is 6.08 Å². The second kappa shape index (κ2) is 10.4. The Hall–Kier alpha value is -2.15. The summed E-state index contributed by atoms with van der Waals surface area (Å²) in [6, 6.07) is 2.09. The number of thioether (sulfide) groups is 1. The molecule has 0 atom stereocenters. The predicted octanol–water partition coefficient (Wildman–Crippen LogP) is 3.28. The monoisotopic (exact) mass is 460 g/mol. The largest absolute Gasteiger partial charge is 0.378 e. The van der Waals surface area contributed by atoms with Crippen LogP contribution >= 0.6 is 24.0 Å². The molecule has 1 aromatic heterocycles. The second-order valence-corrected chi connectivity index (χ2v) is 9.27. The third-order valence-electron chi connectivity index (χ3n) is 5.49. The van der Waals surface area contributed by atoms with Crippen molar-refractivity contribution in [1.29, 1.82) is 5.26 Å². The molecule has 2 aliphatic heterocycles. The van der Waals surface area contributed by atoms with E-state index in [2.05, 4.69) is 17.9 Å². The molecule has 0 spiro atoms. The quantitative estimate of drug-likeness (QED) is 0.456. The van der Waals surface area contributed by atoms with Crippen molar-refractivity contribution in [3.05, 3.63) is 31.9 Å². The lowest BCUT2D eigenvalue weighted by Gasteiger charge is -2.33. The van der Waals surface area contributed by atoms with Gasteiger partial charge in [-0.3, -0.25) is 19.1 Å². The second-order valence-electron chi connectivity index (χ2n) is 7.59. The fourth-order valence-corrected chi connectivity index (χ4v) is 5.12. The molecule has 7 nitrogen and oxygen atoms in total. The molecule has 3 rings (SSSR count). The molecule has 3 heterocycles. The van der Waals surface area contributed by atoms with Gasteiger partial charge in [-0.05, 0) is 31.4 Å². The van der Waals surface area contributed by atoms with E-state index < -0.39 is 0 Å². The molecule has 2 saturated heterocycles. The first-order valence-electron chi connectivity index (χ1n) is 10.7. The standard InChI is InChI=1S/C22H28N4O3S2/c1-4-6-8-25-19(24-9-11-29-12-10-24)16(15(3)17(14-23)20(25)27)13-18-21(28)26(7-5-2)22(30)31-18/h13H,4-12H2,1-3H3. The van der Waals surface area contributed by atoms with E-state index in [1.54, 1.807) is 16.4 Å². The van der Waals surface area contributed by atoms with Crippen molar-refractivity contribution in [2.45, 2.75) is 46.6 Å². The summed E-state index contributed by atoms with van der Waals surface area (Å²) in [6.45, 7) is 9.39. The van der Waals surface area contributed by atoms with Gasteiger partial charge in [0, 0.05) is 31.7 Å². The fourth-order valence-electron chi connectivity index (χ4n) is 3.83. The minimum absolute atomic E-state index is 0.117. The predicted molar refractivity (Wildman–Crippen MR) is 128 cm³/mol. The molecule has 0 bridgehead atoms. The number of morpholine rings is 1. The molecule has 2 fully saturated rings. The maximum absolute atomic E-state index is 13.2. The average molecular weight is 461 g/mol. The number of ether oxygens (including phenoxy) is 1. The number of nitriles is 1. The number of nitrogens with zero attached hydrogens (tertiary/aromatic N) is 4. The van der Waals surface area contributed by atoms with Gasteiger partial charge in [0.1, 0.15) is 21.8 Å². The highest BCUT2D eigenvalue weighted by Crippen LogP contribution is 2.36. The summed E-state index contributed by atoms with van der Waals surface area (Å²) >= 11 is 6.69. The van der Waals surface area contributed by atoms with E-state index in [1.165, 1.54) is 11.8 Å². The number of anilines is 1. The number of pyridine rings is 1. The van der Waals surface area contributed by atoms with Gasteiger partial charge in [-0.15, -0.1) is 0 Å². The Bertz CT molecular complexity index is 1000. The van der Waals surface area contributed by atoms with Gasteiger partial charge in [0.05, 0.1) is 18.1 Å². The summed E-state index contributed by atoms with van der Waals surface area (Å²) in [7, 11) is 0. The van der Waals surface area contributed by atoms with Crippen molar-refractivity contribution < 1.29 is 9.53 Å². The van der Waals surface area contributed by atoms with Crippen LogP contribution in [0.3, 0.4) is 0 Å². The summed E-state index contributed by atoms with van der Waals surface area (Å²) in [5.74, 6) is 0.646. The maximum atomic E-state index is 13.2. The van der Waals surface area contributed by atoms with E-state index in [4.69, 9.17) is 17.0 Å².